The molecule has 2 heterocycles. The smallest absolute Gasteiger partial charge is 0.420 e. The summed E-state index contributed by atoms with van der Waals surface area (Å²) in [5.41, 5.74) is 4.46. The molecule has 3 aromatic rings. The van der Waals surface area contributed by atoms with Crippen molar-refractivity contribution in [2.75, 3.05) is 5.32 Å². The summed E-state index contributed by atoms with van der Waals surface area (Å²) >= 11 is 0. The van der Waals surface area contributed by atoms with Gasteiger partial charge < -0.3 is 19.6 Å². The van der Waals surface area contributed by atoms with Crippen molar-refractivity contribution in [2.45, 2.75) is 71.6 Å². The SMILES string of the molecule is CC(C)(C)OC(=O)CCC(C(N)=O)n1cc(-c2ccc(-c3ccc(C=O)c(NC(=O)OC(C)(C)C)n3)cc2F)oc1=O. The number of primary amides is 1. The molecule has 0 spiro atoms. The van der Waals surface area contributed by atoms with Crippen LogP contribution in [-0.2, 0) is 19.1 Å². The number of amides is 2. The molecule has 3 rings (SSSR count). The number of carbonyl (C=O) groups is 4. The highest BCUT2D eigenvalue weighted by atomic mass is 19.1. The van der Waals surface area contributed by atoms with E-state index in [9.17, 15) is 24.0 Å². The van der Waals surface area contributed by atoms with Crippen molar-refractivity contribution in [3.8, 4) is 22.6 Å². The normalized spacial score (nSPS) is 12.4. The molecule has 224 valence electrons. The van der Waals surface area contributed by atoms with Crippen LogP contribution in [0, 0.1) is 5.82 Å². The molecule has 2 amide bonds. The molecule has 13 heteroatoms. The number of halogens is 1. The Morgan fingerprint density at radius 1 is 1.10 bits per heavy atom. The minimum Gasteiger partial charge on any atom is -0.460 e. The first-order chi connectivity index (χ1) is 19.5. The largest absolute Gasteiger partial charge is 0.460 e. The van der Waals surface area contributed by atoms with Gasteiger partial charge in [0.15, 0.2) is 12.0 Å². The van der Waals surface area contributed by atoms with Crippen molar-refractivity contribution in [1.82, 2.24) is 9.55 Å². The summed E-state index contributed by atoms with van der Waals surface area (Å²) in [6, 6.07) is 5.60. The lowest BCUT2D eigenvalue weighted by atomic mass is 10.1. The Hall–Kier alpha value is -4.81. The van der Waals surface area contributed by atoms with E-state index in [-0.39, 0.29) is 46.8 Å². The van der Waals surface area contributed by atoms with Gasteiger partial charge in [0.1, 0.15) is 28.9 Å². The molecule has 0 bridgehead atoms. The lowest BCUT2D eigenvalue weighted by molar-refractivity contribution is -0.155. The Kier molecular flexibility index (Phi) is 9.34. The highest BCUT2D eigenvalue weighted by molar-refractivity contribution is 5.92. The van der Waals surface area contributed by atoms with Crippen LogP contribution in [0.15, 0.2) is 45.7 Å². The number of rotatable bonds is 9. The molecule has 0 aliphatic heterocycles. The molecule has 0 fully saturated rings. The lowest BCUT2D eigenvalue weighted by Gasteiger charge is -2.20. The molecule has 1 aromatic carbocycles. The van der Waals surface area contributed by atoms with E-state index in [4.69, 9.17) is 19.6 Å². The number of nitrogens with two attached hydrogens (primary N) is 1. The standard InChI is InChI=1S/C29H33FN4O8/c1-28(2,3)41-23(36)12-11-21(24(31)37)34-14-22(40-27(34)39)18-9-7-16(13-19(18)30)20-10-8-17(15-35)25(32-20)33-26(38)42-29(4,5)6/h7-10,13-15,21H,11-12H2,1-6H3,(H2,31,37)(H,32,33,38). The fourth-order valence-electron chi connectivity index (χ4n) is 3.86. The third-order valence-electron chi connectivity index (χ3n) is 5.57. The third kappa shape index (κ3) is 8.35. The van der Waals surface area contributed by atoms with E-state index < -0.39 is 46.8 Å². The molecule has 0 aliphatic rings. The summed E-state index contributed by atoms with van der Waals surface area (Å²) in [5.74, 6) is -3.47. The molecular weight excluding hydrogens is 551 g/mol. The molecule has 2 aromatic heterocycles. The minimum absolute atomic E-state index is 0.0758. The zero-order chi connectivity index (χ0) is 31.4. The first-order valence-corrected chi connectivity index (χ1v) is 13.0. The number of oxazole rings is 1. The van der Waals surface area contributed by atoms with Crippen LogP contribution in [0.5, 0.6) is 0 Å². The van der Waals surface area contributed by atoms with Crippen LogP contribution in [0.4, 0.5) is 15.0 Å². The number of aromatic nitrogens is 2. The number of carbonyl (C=O) groups excluding carboxylic acids is 4. The number of anilines is 1. The molecule has 1 atom stereocenters. The van der Waals surface area contributed by atoms with Crippen molar-refractivity contribution in [2.24, 2.45) is 5.73 Å². The highest BCUT2D eigenvalue weighted by Crippen LogP contribution is 2.29. The van der Waals surface area contributed by atoms with Crippen LogP contribution in [0.1, 0.15) is 70.8 Å². The second-order valence-corrected chi connectivity index (χ2v) is 11.4. The number of pyridine rings is 1. The van der Waals surface area contributed by atoms with Gasteiger partial charge in [-0.25, -0.2) is 19.0 Å². The number of benzene rings is 1. The molecule has 0 saturated carbocycles. The van der Waals surface area contributed by atoms with Crippen LogP contribution in [-0.4, -0.2) is 45.0 Å². The van der Waals surface area contributed by atoms with Gasteiger partial charge in [-0.15, -0.1) is 0 Å². The Morgan fingerprint density at radius 2 is 1.76 bits per heavy atom. The van der Waals surface area contributed by atoms with Crippen LogP contribution < -0.4 is 16.8 Å². The van der Waals surface area contributed by atoms with Crippen molar-refractivity contribution >= 4 is 30.1 Å². The number of hydrogen-bond donors (Lipinski definition) is 2. The van der Waals surface area contributed by atoms with Gasteiger partial charge in [0.05, 0.1) is 23.0 Å². The number of ether oxygens (including phenoxy) is 2. The Bertz CT molecular complexity index is 1560. The quantitative estimate of drug-likeness (QED) is 0.269. The Labute approximate surface area is 241 Å². The van der Waals surface area contributed by atoms with Crippen molar-refractivity contribution < 1.29 is 37.5 Å². The van der Waals surface area contributed by atoms with E-state index >= 15 is 4.39 Å². The number of nitrogens with one attached hydrogen (secondary N) is 1. The zero-order valence-electron chi connectivity index (χ0n) is 24.1. The van der Waals surface area contributed by atoms with Gasteiger partial charge in [-0.2, -0.15) is 0 Å². The van der Waals surface area contributed by atoms with E-state index in [0.29, 0.717) is 6.29 Å². The van der Waals surface area contributed by atoms with Gasteiger partial charge in [0.25, 0.3) is 0 Å². The van der Waals surface area contributed by atoms with Crippen LogP contribution >= 0.6 is 0 Å². The first-order valence-electron chi connectivity index (χ1n) is 13.0. The van der Waals surface area contributed by atoms with Gasteiger partial charge in [0.2, 0.25) is 5.91 Å². The monoisotopic (exact) mass is 584 g/mol. The fraction of sp³-hybridized carbons (Fsp3) is 0.379. The van der Waals surface area contributed by atoms with Crippen LogP contribution in [0.25, 0.3) is 22.6 Å². The van der Waals surface area contributed by atoms with Gasteiger partial charge >= 0.3 is 17.8 Å². The topological polar surface area (TPSA) is 173 Å². The lowest BCUT2D eigenvalue weighted by Crippen LogP contribution is -2.32. The maximum Gasteiger partial charge on any atom is 0.420 e. The van der Waals surface area contributed by atoms with Gasteiger partial charge in [-0.1, -0.05) is 6.07 Å². The predicted octanol–water partition coefficient (Wildman–Crippen LogP) is 4.62. The summed E-state index contributed by atoms with van der Waals surface area (Å²) in [6.45, 7) is 10.1. The summed E-state index contributed by atoms with van der Waals surface area (Å²) in [6.07, 6.45) is 0.503. The molecule has 0 saturated heterocycles. The number of esters is 1. The van der Waals surface area contributed by atoms with Crippen LogP contribution in [0.3, 0.4) is 0 Å². The molecule has 12 nitrogen and oxygen atoms in total. The van der Waals surface area contributed by atoms with Crippen molar-refractivity contribution in [3.63, 3.8) is 0 Å². The van der Waals surface area contributed by atoms with E-state index in [2.05, 4.69) is 10.3 Å². The zero-order valence-corrected chi connectivity index (χ0v) is 24.1. The summed E-state index contributed by atoms with van der Waals surface area (Å²) in [5, 5.41) is 2.42. The predicted molar refractivity (Wildman–Crippen MR) is 150 cm³/mol. The van der Waals surface area contributed by atoms with Crippen molar-refractivity contribution in [1.29, 1.82) is 0 Å². The average Bonchev–Trinajstić information content (AvgIpc) is 3.22. The number of nitrogens with zero attached hydrogens (tertiary/aromatic N) is 2. The second-order valence-electron chi connectivity index (χ2n) is 11.4. The number of aldehydes is 1. The number of hydrogen-bond acceptors (Lipinski definition) is 9. The molecule has 42 heavy (non-hydrogen) atoms. The molecule has 0 aliphatic carbocycles. The van der Waals surface area contributed by atoms with E-state index in [1.54, 1.807) is 41.5 Å². The maximum absolute atomic E-state index is 15.3. The van der Waals surface area contributed by atoms with Gasteiger partial charge in [0, 0.05) is 12.0 Å². The molecular formula is C29H33FN4O8. The Morgan fingerprint density at radius 3 is 2.33 bits per heavy atom. The molecule has 1 unspecified atom stereocenters. The molecule has 3 N–H and O–H groups in total. The average molecular weight is 585 g/mol. The maximum atomic E-state index is 15.3. The fourth-order valence-corrected chi connectivity index (χ4v) is 3.86. The van der Waals surface area contributed by atoms with E-state index in [1.807, 2.05) is 0 Å². The second kappa shape index (κ2) is 12.4. The first kappa shape index (κ1) is 31.7. The summed E-state index contributed by atoms with van der Waals surface area (Å²) in [7, 11) is 0. The van der Waals surface area contributed by atoms with E-state index in [0.717, 1.165) is 16.8 Å². The third-order valence-corrected chi connectivity index (χ3v) is 5.57. The van der Waals surface area contributed by atoms with E-state index in [1.165, 1.54) is 24.3 Å². The molecule has 0 radical (unpaired) electrons. The Balaban J connectivity index is 1.87. The highest BCUT2D eigenvalue weighted by Gasteiger charge is 2.26. The van der Waals surface area contributed by atoms with Crippen LogP contribution in [0.2, 0.25) is 0 Å². The minimum atomic E-state index is -1.23. The van der Waals surface area contributed by atoms with Gasteiger partial charge in [-0.05, 0) is 72.2 Å². The summed E-state index contributed by atoms with van der Waals surface area (Å²) in [4.78, 5) is 64.7. The van der Waals surface area contributed by atoms with Crippen molar-refractivity contribution in [3.05, 3.63) is 58.5 Å². The summed E-state index contributed by atoms with van der Waals surface area (Å²) < 4.78 is 31.8. The van der Waals surface area contributed by atoms with Gasteiger partial charge in [-0.3, -0.25) is 24.3 Å².